The van der Waals surface area contributed by atoms with Crippen LogP contribution in [0.15, 0.2) is 16.6 Å². The molecule has 24 heavy (non-hydrogen) atoms. The number of ether oxygens (including phenoxy) is 3. The van der Waals surface area contributed by atoms with Crippen LogP contribution in [0.25, 0.3) is 0 Å². The summed E-state index contributed by atoms with van der Waals surface area (Å²) in [6, 6.07) is 2.26. The minimum absolute atomic E-state index is 0.148. The number of hydrogen-bond acceptors (Lipinski definition) is 6. The van der Waals surface area contributed by atoms with Crippen LogP contribution >= 0.6 is 15.9 Å². The fourth-order valence-corrected chi connectivity index (χ4v) is 2.20. The van der Waals surface area contributed by atoms with E-state index >= 15 is 0 Å². The van der Waals surface area contributed by atoms with Crippen molar-refractivity contribution in [1.29, 1.82) is 0 Å². The van der Waals surface area contributed by atoms with Gasteiger partial charge in [-0.1, -0.05) is 6.92 Å². The van der Waals surface area contributed by atoms with Crippen LogP contribution in [0, 0.1) is 0 Å². The van der Waals surface area contributed by atoms with Crippen LogP contribution in [-0.4, -0.2) is 45.3 Å². The third-order valence-corrected chi connectivity index (χ3v) is 3.59. The zero-order valence-corrected chi connectivity index (χ0v) is 15.2. The summed E-state index contributed by atoms with van der Waals surface area (Å²) >= 11 is 3.28. The summed E-state index contributed by atoms with van der Waals surface area (Å²) in [7, 11) is 2.88. The molecule has 1 rings (SSSR count). The Morgan fingerprint density at radius 1 is 1.12 bits per heavy atom. The third kappa shape index (κ3) is 5.73. The van der Waals surface area contributed by atoms with Gasteiger partial charge in [0.1, 0.15) is 16.0 Å². The first-order valence-corrected chi connectivity index (χ1v) is 7.88. The molecule has 0 aliphatic heterocycles. The number of rotatable bonds is 7. The summed E-state index contributed by atoms with van der Waals surface area (Å²) in [6.07, 6.45) is 0.740. The maximum absolute atomic E-state index is 12.0. The van der Waals surface area contributed by atoms with Gasteiger partial charge in [0.15, 0.2) is 6.61 Å². The highest BCUT2D eigenvalue weighted by Gasteiger charge is 2.17. The van der Waals surface area contributed by atoms with Crippen LogP contribution in [0.1, 0.15) is 23.7 Å². The molecule has 0 atom stereocenters. The van der Waals surface area contributed by atoms with E-state index in [4.69, 9.17) is 14.2 Å². The lowest BCUT2D eigenvalue weighted by atomic mass is 10.2. The molecule has 0 saturated carbocycles. The minimum atomic E-state index is -0.747. The average Bonchev–Trinajstić information content (AvgIpc) is 2.57. The number of halogens is 1. The van der Waals surface area contributed by atoms with Gasteiger partial charge >= 0.3 is 12.0 Å². The van der Waals surface area contributed by atoms with Gasteiger partial charge in [0.2, 0.25) is 0 Å². The highest BCUT2D eigenvalue weighted by Crippen LogP contribution is 2.35. The third-order valence-electron chi connectivity index (χ3n) is 2.80. The Hall–Kier alpha value is -2.29. The molecule has 0 unspecified atom stereocenters. The van der Waals surface area contributed by atoms with Gasteiger partial charge in [0.25, 0.3) is 5.91 Å². The fourth-order valence-electron chi connectivity index (χ4n) is 1.65. The lowest BCUT2D eigenvalue weighted by Crippen LogP contribution is -2.41. The molecule has 3 amide bonds. The molecule has 8 nitrogen and oxygen atoms in total. The molecule has 1 aromatic rings. The van der Waals surface area contributed by atoms with Gasteiger partial charge in [-0.15, -0.1) is 0 Å². The lowest BCUT2D eigenvalue weighted by Gasteiger charge is -2.11. The second kappa shape index (κ2) is 9.76. The molecular weight excluding hydrogens is 384 g/mol. The molecule has 0 aliphatic carbocycles. The molecule has 0 heterocycles. The van der Waals surface area contributed by atoms with Crippen molar-refractivity contribution in [3.8, 4) is 11.5 Å². The second-order valence-corrected chi connectivity index (χ2v) is 5.37. The summed E-state index contributed by atoms with van der Waals surface area (Å²) in [6.45, 7) is 1.74. The van der Waals surface area contributed by atoms with Crippen molar-refractivity contribution in [2.75, 3.05) is 27.4 Å². The van der Waals surface area contributed by atoms with Crippen molar-refractivity contribution in [2.24, 2.45) is 0 Å². The maximum atomic E-state index is 12.0. The second-order valence-electron chi connectivity index (χ2n) is 4.57. The highest BCUT2D eigenvalue weighted by molar-refractivity contribution is 9.10. The van der Waals surface area contributed by atoms with Gasteiger partial charge in [-0.2, -0.15) is 0 Å². The molecular formula is C15H19BrN2O6. The monoisotopic (exact) mass is 402 g/mol. The first-order valence-electron chi connectivity index (χ1n) is 7.09. The molecule has 1 aromatic carbocycles. The van der Waals surface area contributed by atoms with Crippen molar-refractivity contribution in [3.05, 3.63) is 22.2 Å². The zero-order chi connectivity index (χ0) is 18.1. The van der Waals surface area contributed by atoms with Crippen molar-refractivity contribution in [2.45, 2.75) is 13.3 Å². The summed E-state index contributed by atoms with van der Waals surface area (Å²) in [4.78, 5) is 34.9. The van der Waals surface area contributed by atoms with Crippen molar-refractivity contribution < 1.29 is 28.6 Å². The van der Waals surface area contributed by atoms with Crippen LogP contribution in [0.4, 0.5) is 4.79 Å². The SMILES string of the molecule is CCCNC(=O)NC(=O)COC(=O)c1cc(OC)c(Br)c(OC)c1. The van der Waals surface area contributed by atoms with Crippen molar-refractivity contribution >= 4 is 33.8 Å². The zero-order valence-electron chi connectivity index (χ0n) is 13.6. The van der Waals surface area contributed by atoms with E-state index in [-0.39, 0.29) is 5.56 Å². The summed E-state index contributed by atoms with van der Waals surface area (Å²) in [5.74, 6) is -0.717. The van der Waals surface area contributed by atoms with E-state index in [0.29, 0.717) is 22.5 Å². The van der Waals surface area contributed by atoms with Gasteiger partial charge in [-0.05, 0) is 34.5 Å². The number of amides is 3. The molecule has 2 N–H and O–H groups in total. The number of carbonyl (C=O) groups excluding carboxylic acids is 3. The average molecular weight is 403 g/mol. The van der Waals surface area contributed by atoms with E-state index in [0.717, 1.165) is 6.42 Å². The van der Waals surface area contributed by atoms with Crippen LogP contribution < -0.4 is 20.1 Å². The highest BCUT2D eigenvalue weighted by atomic mass is 79.9. The molecule has 0 saturated heterocycles. The number of esters is 1. The quantitative estimate of drug-likeness (QED) is 0.674. The Labute approximate surface area is 148 Å². The smallest absolute Gasteiger partial charge is 0.338 e. The predicted octanol–water partition coefficient (Wildman–Crippen LogP) is 1.86. The number of nitrogens with one attached hydrogen (secondary N) is 2. The predicted molar refractivity (Wildman–Crippen MR) is 89.4 cm³/mol. The molecule has 0 aliphatic rings. The van der Waals surface area contributed by atoms with Gasteiger partial charge in [-0.25, -0.2) is 9.59 Å². The molecule has 0 bridgehead atoms. The molecule has 0 aromatic heterocycles. The Kier molecular flexibility index (Phi) is 8.03. The molecule has 0 fully saturated rings. The van der Waals surface area contributed by atoms with Crippen LogP contribution in [0.2, 0.25) is 0 Å². The van der Waals surface area contributed by atoms with Crippen LogP contribution in [-0.2, 0) is 9.53 Å². The fraction of sp³-hybridized carbons (Fsp3) is 0.400. The molecule has 132 valence electrons. The Morgan fingerprint density at radius 3 is 2.21 bits per heavy atom. The van der Waals surface area contributed by atoms with Gasteiger partial charge in [-0.3, -0.25) is 10.1 Å². The topological polar surface area (TPSA) is 103 Å². The molecule has 9 heteroatoms. The van der Waals surface area contributed by atoms with Crippen LogP contribution in [0.5, 0.6) is 11.5 Å². The standard InChI is InChI=1S/C15H19BrN2O6/c1-4-5-17-15(21)18-12(19)8-24-14(20)9-6-10(22-2)13(16)11(7-9)23-3/h6-7H,4-5,8H2,1-3H3,(H2,17,18,19,21). The van der Waals surface area contributed by atoms with E-state index in [1.54, 1.807) is 0 Å². The number of hydrogen-bond donors (Lipinski definition) is 2. The Morgan fingerprint density at radius 2 is 1.71 bits per heavy atom. The van der Waals surface area contributed by atoms with Gasteiger partial charge in [0.05, 0.1) is 19.8 Å². The summed E-state index contributed by atoms with van der Waals surface area (Å²) in [5.41, 5.74) is 0.148. The minimum Gasteiger partial charge on any atom is -0.495 e. The summed E-state index contributed by atoms with van der Waals surface area (Å²) < 4.78 is 15.7. The van der Waals surface area contributed by atoms with Crippen molar-refractivity contribution in [3.63, 3.8) is 0 Å². The normalized spacial score (nSPS) is 9.83. The molecule has 0 radical (unpaired) electrons. The van der Waals surface area contributed by atoms with Crippen LogP contribution in [0.3, 0.4) is 0 Å². The van der Waals surface area contributed by atoms with E-state index < -0.39 is 24.5 Å². The first-order chi connectivity index (χ1) is 11.4. The van der Waals surface area contributed by atoms with E-state index in [1.165, 1.54) is 26.4 Å². The Balaban J connectivity index is 2.65. The number of carbonyl (C=O) groups is 3. The summed E-state index contributed by atoms with van der Waals surface area (Å²) in [5, 5.41) is 4.52. The van der Waals surface area contributed by atoms with Crippen molar-refractivity contribution in [1.82, 2.24) is 10.6 Å². The number of methoxy groups -OCH3 is 2. The first kappa shape index (κ1) is 19.8. The maximum Gasteiger partial charge on any atom is 0.338 e. The van der Waals surface area contributed by atoms with Gasteiger partial charge in [0, 0.05) is 6.54 Å². The molecule has 0 spiro atoms. The van der Waals surface area contributed by atoms with E-state index in [2.05, 4.69) is 26.6 Å². The number of imide groups is 1. The largest absolute Gasteiger partial charge is 0.495 e. The van der Waals surface area contributed by atoms with E-state index in [9.17, 15) is 14.4 Å². The Bertz CT molecular complexity index is 595. The lowest BCUT2D eigenvalue weighted by molar-refractivity contribution is -0.123. The number of benzene rings is 1. The van der Waals surface area contributed by atoms with E-state index in [1.807, 2.05) is 6.92 Å². The van der Waals surface area contributed by atoms with Gasteiger partial charge < -0.3 is 19.5 Å². The number of urea groups is 1.